The standard InChI is InChI=1S/C23H23Cl2NO2/c1-3-27-22-10-6-8-17(14-26-19-12-11-16(2)21(25)13-19)23(22)28-15-18-7-4-5-9-20(18)24/h4-13,26H,3,14-15H2,1-2H3. The lowest BCUT2D eigenvalue weighted by Crippen LogP contribution is -2.06. The Morgan fingerprint density at radius 3 is 2.39 bits per heavy atom. The highest BCUT2D eigenvalue weighted by Gasteiger charge is 2.12. The van der Waals surface area contributed by atoms with Gasteiger partial charge in [0.1, 0.15) is 6.61 Å². The summed E-state index contributed by atoms with van der Waals surface area (Å²) in [6, 6.07) is 19.5. The average molecular weight is 416 g/mol. The summed E-state index contributed by atoms with van der Waals surface area (Å²) in [6.45, 7) is 5.45. The highest BCUT2D eigenvalue weighted by molar-refractivity contribution is 6.31. The minimum absolute atomic E-state index is 0.368. The normalized spacial score (nSPS) is 10.6. The molecule has 0 spiro atoms. The summed E-state index contributed by atoms with van der Waals surface area (Å²) in [6.07, 6.45) is 0. The van der Waals surface area contributed by atoms with Gasteiger partial charge in [0, 0.05) is 33.4 Å². The summed E-state index contributed by atoms with van der Waals surface area (Å²) >= 11 is 12.5. The van der Waals surface area contributed by atoms with E-state index < -0.39 is 0 Å². The van der Waals surface area contributed by atoms with Crippen molar-refractivity contribution in [2.24, 2.45) is 0 Å². The fraction of sp³-hybridized carbons (Fsp3) is 0.217. The third-order valence-electron chi connectivity index (χ3n) is 4.34. The summed E-state index contributed by atoms with van der Waals surface area (Å²) in [5, 5.41) is 4.83. The lowest BCUT2D eigenvalue weighted by Gasteiger charge is -2.17. The lowest BCUT2D eigenvalue weighted by atomic mass is 10.1. The van der Waals surface area contributed by atoms with Crippen LogP contribution in [0.3, 0.4) is 0 Å². The van der Waals surface area contributed by atoms with Crippen molar-refractivity contribution in [2.75, 3.05) is 11.9 Å². The van der Waals surface area contributed by atoms with Crippen molar-refractivity contribution < 1.29 is 9.47 Å². The second kappa shape index (κ2) is 9.72. The minimum Gasteiger partial charge on any atom is -0.490 e. The van der Waals surface area contributed by atoms with Crippen LogP contribution in [0.2, 0.25) is 10.0 Å². The molecule has 0 amide bonds. The molecule has 5 heteroatoms. The molecule has 0 aliphatic rings. The van der Waals surface area contributed by atoms with Crippen LogP contribution in [0.4, 0.5) is 5.69 Å². The van der Waals surface area contributed by atoms with E-state index in [-0.39, 0.29) is 0 Å². The van der Waals surface area contributed by atoms with Crippen LogP contribution in [0.5, 0.6) is 11.5 Å². The average Bonchev–Trinajstić information content (AvgIpc) is 2.69. The van der Waals surface area contributed by atoms with Crippen molar-refractivity contribution in [1.82, 2.24) is 0 Å². The van der Waals surface area contributed by atoms with Gasteiger partial charge >= 0.3 is 0 Å². The first-order chi connectivity index (χ1) is 13.6. The fourth-order valence-electron chi connectivity index (χ4n) is 2.80. The number of para-hydroxylation sites is 1. The third-order valence-corrected chi connectivity index (χ3v) is 5.12. The fourth-order valence-corrected chi connectivity index (χ4v) is 3.17. The summed E-state index contributed by atoms with van der Waals surface area (Å²) in [7, 11) is 0. The number of halogens is 2. The minimum atomic E-state index is 0.368. The van der Waals surface area contributed by atoms with Crippen molar-refractivity contribution in [1.29, 1.82) is 0 Å². The SMILES string of the molecule is CCOc1cccc(CNc2ccc(C)c(Cl)c2)c1OCc1ccccc1Cl. The van der Waals surface area contributed by atoms with E-state index in [1.165, 1.54) is 0 Å². The number of hydrogen-bond acceptors (Lipinski definition) is 3. The van der Waals surface area contributed by atoms with Gasteiger partial charge in [-0.05, 0) is 43.7 Å². The molecule has 0 saturated carbocycles. The van der Waals surface area contributed by atoms with E-state index in [9.17, 15) is 0 Å². The molecule has 0 fully saturated rings. The summed E-state index contributed by atoms with van der Waals surface area (Å²) in [5.41, 5.74) is 3.93. The van der Waals surface area contributed by atoms with E-state index in [0.717, 1.165) is 38.9 Å². The number of hydrogen-bond donors (Lipinski definition) is 1. The van der Waals surface area contributed by atoms with Gasteiger partial charge in [0.2, 0.25) is 0 Å². The van der Waals surface area contributed by atoms with Gasteiger partial charge in [-0.15, -0.1) is 0 Å². The highest BCUT2D eigenvalue weighted by atomic mass is 35.5. The van der Waals surface area contributed by atoms with Crippen LogP contribution < -0.4 is 14.8 Å². The molecule has 0 atom stereocenters. The zero-order valence-corrected chi connectivity index (χ0v) is 17.5. The van der Waals surface area contributed by atoms with Crippen molar-refractivity contribution in [2.45, 2.75) is 27.0 Å². The Hall–Kier alpha value is -2.36. The number of anilines is 1. The molecule has 3 aromatic carbocycles. The van der Waals surface area contributed by atoms with Crippen LogP contribution in [0.1, 0.15) is 23.6 Å². The number of benzene rings is 3. The molecule has 146 valence electrons. The molecule has 3 aromatic rings. The van der Waals surface area contributed by atoms with Crippen LogP contribution >= 0.6 is 23.2 Å². The molecule has 0 unspecified atom stereocenters. The molecular weight excluding hydrogens is 393 g/mol. The van der Waals surface area contributed by atoms with E-state index in [2.05, 4.69) is 5.32 Å². The molecule has 28 heavy (non-hydrogen) atoms. The maximum absolute atomic E-state index is 6.26. The Morgan fingerprint density at radius 1 is 0.857 bits per heavy atom. The van der Waals surface area contributed by atoms with Crippen molar-refractivity contribution in [3.63, 3.8) is 0 Å². The van der Waals surface area contributed by atoms with Crippen LogP contribution in [0, 0.1) is 6.92 Å². The molecule has 3 rings (SSSR count). The molecule has 0 bridgehead atoms. The van der Waals surface area contributed by atoms with Crippen LogP contribution in [-0.2, 0) is 13.2 Å². The zero-order chi connectivity index (χ0) is 19.9. The van der Waals surface area contributed by atoms with Gasteiger partial charge in [-0.1, -0.05) is 59.6 Å². The maximum Gasteiger partial charge on any atom is 0.166 e. The molecule has 0 aliphatic heterocycles. The van der Waals surface area contributed by atoms with Gasteiger partial charge in [-0.3, -0.25) is 0 Å². The first-order valence-electron chi connectivity index (χ1n) is 9.19. The van der Waals surface area contributed by atoms with Gasteiger partial charge in [-0.2, -0.15) is 0 Å². The molecule has 0 aromatic heterocycles. The summed E-state index contributed by atoms with van der Waals surface area (Å²) < 4.78 is 11.9. The van der Waals surface area contributed by atoms with E-state index in [1.807, 2.05) is 74.5 Å². The van der Waals surface area contributed by atoms with Crippen molar-refractivity contribution >= 4 is 28.9 Å². The quantitative estimate of drug-likeness (QED) is 0.434. The Labute approximate surface area is 176 Å². The molecule has 0 radical (unpaired) electrons. The van der Waals surface area contributed by atoms with Gasteiger partial charge in [0.05, 0.1) is 6.61 Å². The van der Waals surface area contributed by atoms with E-state index in [1.54, 1.807) is 0 Å². The summed E-state index contributed by atoms with van der Waals surface area (Å²) in [4.78, 5) is 0. The second-order valence-electron chi connectivity index (χ2n) is 6.38. The van der Waals surface area contributed by atoms with Gasteiger partial charge in [-0.25, -0.2) is 0 Å². The molecule has 1 N–H and O–H groups in total. The van der Waals surface area contributed by atoms with Gasteiger partial charge < -0.3 is 14.8 Å². The second-order valence-corrected chi connectivity index (χ2v) is 7.19. The Kier molecular flexibility index (Phi) is 7.07. The zero-order valence-electron chi connectivity index (χ0n) is 16.0. The molecule has 0 heterocycles. The maximum atomic E-state index is 6.26. The van der Waals surface area contributed by atoms with Crippen molar-refractivity contribution in [3.8, 4) is 11.5 Å². The van der Waals surface area contributed by atoms with Crippen molar-refractivity contribution in [3.05, 3.63) is 87.4 Å². The Balaban J connectivity index is 1.80. The predicted molar refractivity (Wildman–Crippen MR) is 117 cm³/mol. The smallest absolute Gasteiger partial charge is 0.166 e. The molecular formula is C23H23Cl2NO2. The predicted octanol–water partition coefficient (Wildman–Crippen LogP) is 6.89. The van der Waals surface area contributed by atoms with E-state index in [4.69, 9.17) is 32.7 Å². The van der Waals surface area contributed by atoms with Crippen LogP contribution in [-0.4, -0.2) is 6.61 Å². The monoisotopic (exact) mass is 415 g/mol. The first kappa shape index (κ1) is 20.4. The van der Waals surface area contributed by atoms with Crippen LogP contribution in [0.25, 0.3) is 0 Å². The van der Waals surface area contributed by atoms with E-state index >= 15 is 0 Å². The first-order valence-corrected chi connectivity index (χ1v) is 9.95. The number of nitrogens with one attached hydrogen (secondary N) is 1. The Morgan fingerprint density at radius 2 is 1.64 bits per heavy atom. The Bertz CT molecular complexity index is 944. The third kappa shape index (κ3) is 5.12. The van der Waals surface area contributed by atoms with Gasteiger partial charge in [0.15, 0.2) is 11.5 Å². The molecule has 3 nitrogen and oxygen atoms in total. The molecule has 0 saturated heterocycles. The molecule has 0 aliphatic carbocycles. The number of rotatable bonds is 8. The summed E-state index contributed by atoms with van der Waals surface area (Å²) in [5.74, 6) is 1.44. The highest BCUT2D eigenvalue weighted by Crippen LogP contribution is 2.33. The lowest BCUT2D eigenvalue weighted by molar-refractivity contribution is 0.267. The van der Waals surface area contributed by atoms with E-state index in [0.29, 0.717) is 24.8 Å². The van der Waals surface area contributed by atoms with Crippen LogP contribution in [0.15, 0.2) is 60.7 Å². The topological polar surface area (TPSA) is 30.5 Å². The number of ether oxygens (including phenoxy) is 2. The van der Waals surface area contributed by atoms with Gasteiger partial charge in [0.25, 0.3) is 0 Å². The largest absolute Gasteiger partial charge is 0.490 e. The number of aryl methyl sites for hydroxylation is 1.